The molecule has 1 fully saturated rings. The van der Waals surface area contributed by atoms with Crippen LogP contribution >= 0.6 is 11.6 Å². The Labute approximate surface area is 197 Å². The van der Waals surface area contributed by atoms with E-state index in [0.717, 1.165) is 45.5 Å². The minimum Gasteiger partial charge on any atom is -0.333 e. The fourth-order valence-electron chi connectivity index (χ4n) is 5.06. The molecule has 1 saturated heterocycles. The van der Waals surface area contributed by atoms with Gasteiger partial charge in [0.05, 0.1) is 16.7 Å². The van der Waals surface area contributed by atoms with E-state index in [-0.39, 0.29) is 0 Å². The Bertz CT molecular complexity index is 1470. The molecule has 5 aromatic rings. The van der Waals surface area contributed by atoms with Crippen LogP contribution < -0.4 is 0 Å². The van der Waals surface area contributed by atoms with Gasteiger partial charge in [-0.25, -0.2) is 0 Å². The smallest absolute Gasteiger partial charge is 0.161 e. The topological polar surface area (TPSA) is 56.2 Å². The van der Waals surface area contributed by atoms with E-state index in [1.54, 1.807) is 0 Å². The second-order valence-electron chi connectivity index (χ2n) is 8.99. The van der Waals surface area contributed by atoms with Gasteiger partial charge in [0.2, 0.25) is 0 Å². The van der Waals surface area contributed by atoms with Gasteiger partial charge in [-0.15, -0.1) is 10.2 Å². The van der Waals surface area contributed by atoms with Crippen LogP contribution in [-0.4, -0.2) is 46.9 Å². The number of pyridine rings is 1. The average molecular weight is 460 g/mol. The van der Waals surface area contributed by atoms with Gasteiger partial charge in [-0.1, -0.05) is 17.7 Å². The molecule has 0 N–H and O–H groups in total. The number of aryl methyl sites for hydroxylation is 2. The van der Waals surface area contributed by atoms with Crippen molar-refractivity contribution in [1.82, 2.24) is 33.8 Å². The van der Waals surface area contributed by atoms with Crippen molar-refractivity contribution in [3.05, 3.63) is 70.6 Å². The van der Waals surface area contributed by atoms with Gasteiger partial charge in [-0.05, 0) is 80.4 Å². The number of nitrogens with zero attached hydrogens (tertiary/aromatic N) is 7. The summed E-state index contributed by atoms with van der Waals surface area (Å²) in [6.07, 6.45) is 4.55. The Hall–Kier alpha value is -3.16. The Kier molecular flexibility index (Phi) is 4.96. The first kappa shape index (κ1) is 20.4. The molecule has 33 heavy (non-hydrogen) atoms. The molecule has 1 aliphatic rings. The second kappa shape index (κ2) is 8.01. The lowest BCUT2D eigenvalue weighted by molar-refractivity contribution is 0.331. The predicted octanol–water partition coefficient (Wildman–Crippen LogP) is 4.69. The Balaban J connectivity index is 1.48. The van der Waals surface area contributed by atoms with Crippen molar-refractivity contribution in [1.29, 1.82) is 0 Å². The Morgan fingerprint density at radius 1 is 0.909 bits per heavy atom. The third-order valence-electron chi connectivity index (χ3n) is 6.54. The van der Waals surface area contributed by atoms with Crippen molar-refractivity contribution in [3.63, 3.8) is 0 Å². The van der Waals surface area contributed by atoms with Crippen LogP contribution in [0.3, 0.4) is 0 Å². The van der Waals surface area contributed by atoms with Crippen LogP contribution in [0.15, 0.2) is 48.7 Å². The Morgan fingerprint density at radius 3 is 2.45 bits per heavy atom. The first-order valence-corrected chi connectivity index (χ1v) is 11.8. The summed E-state index contributed by atoms with van der Waals surface area (Å²) >= 11 is 6.57. The third-order valence-corrected chi connectivity index (χ3v) is 6.76. The molecule has 5 heterocycles. The summed E-state index contributed by atoms with van der Waals surface area (Å²) in [5.41, 5.74) is 7.50. The number of likely N-dealkylation sites (tertiary alicyclic amines) is 1. The predicted molar refractivity (Wildman–Crippen MR) is 130 cm³/mol. The van der Waals surface area contributed by atoms with Crippen LogP contribution in [0, 0.1) is 6.92 Å². The van der Waals surface area contributed by atoms with Crippen LogP contribution in [0.1, 0.15) is 29.8 Å². The van der Waals surface area contributed by atoms with Gasteiger partial charge in [0.25, 0.3) is 0 Å². The molecule has 1 aromatic carbocycles. The summed E-state index contributed by atoms with van der Waals surface area (Å²) in [7, 11) is 1.94. The van der Waals surface area contributed by atoms with Gasteiger partial charge in [-0.2, -0.15) is 5.10 Å². The molecule has 7 nitrogen and oxygen atoms in total. The molecule has 0 unspecified atom stereocenters. The highest BCUT2D eigenvalue weighted by Crippen LogP contribution is 2.30. The second-order valence-corrected chi connectivity index (χ2v) is 9.42. The molecule has 6 rings (SSSR count). The maximum atomic E-state index is 6.57. The first-order valence-electron chi connectivity index (χ1n) is 11.4. The maximum Gasteiger partial charge on any atom is 0.161 e. The lowest BCUT2D eigenvalue weighted by Gasteiger charge is -2.16. The van der Waals surface area contributed by atoms with Crippen LogP contribution in [-0.2, 0) is 20.1 Å². The van der Waals surface area contributed by atoms with Crippen molar-refractivity contribution < 1.29 is 0 Å². The number of halogens is 1. The van der Waals surface area contributed by atoms with Gasteiger partial charge < -0.3 is 4.57 Å². The van der Waals surface area contributed by atoms with E-state index in [1.165, 1.54) is 37.1 Å². The lowest BCUT2D eigenvalue weighted by Crippen LogP contribution is -2.18. The summed E-state index contributed by atoms with van der Waals surface area (Å²) < 4.78 is 6.27. The zero-order valence-corrected chi connectivity index (χ0v) is 19.6. The molecule has 0 amide bonds. The normalized spacial score (nSPS) is 14.8. The molecule has 0 radical (unpaired) electrons. The van der Waals surface area contributed by atoms with Crippen molar-refractivity contribution in [2.45, 2.75) is 32.9 Å². The van der Waals surface area contributed by atoms with Crippen LogP contribution in [0.5, 0.6) is 0 Å². The molecular weight excluding hydrogens is 434 g/mol. The molecule has 8 heteroatoms. The fourth-order valence-corrected chi connectivity index (χ4v) is 5.34. The third kappa shape index (κ3) is 3.71. The quantitative estimate of drug-likeness (QED) is 0.382. The highest BCUT2D eigenvalue weighted by molar-refractivity contribution is 6.30. The minimum atomic E-state index is 0.704. The van der Waals surface area contributed by atoms with Crippen LogP contribution in [0.25, 0.3) is 28.1 Å². The molecular formula is C25H26ClN7. The van der Waals surface area contributed by atoms with Crippen molar-refractivity contribution in [2.24, 2.45) is 7.05 Å². The summed E-state index contributed by atoms with van der Waals surface area (Å²) in [5.74, 6) is 0.871. The summed E-state index contributed by atoms with van der Waals surface area (Å²) in [5, 5.41) is 14.1. The molecule has 0 saturated carbocycles. The number of aromatic nitrogens is 6. The van der Waals surface area contributed by atoms with Crippen molar-refractivity contribution in [3.8, 4) is 11.4 Å². The van der Waals surface area contributed by atoms with Gasteiger partial charge in [-0.3, -0.25) is 14.0 Å². The summed E-state index contributed by atoms with van der Waals surface area (Å²) in [6, 6.07) is 14.9. The monoisotopic (exact) mass is 459 g/mol. The van der Waals surface area contributed by atoms with E-state index < -0.39 is 0 Å². The van der Waals surface area contributed by atoms with E-state index in [4.69, 9.17) is 16.7 Å². The zero-order valence-electron chi connectivity index (χ0n) is 18.9. The lowest BCUT2D eigenvalue weighted by atomic mass is 10.1. The summed E-state index contributed by atoms with van der Waals surface area (Å²) in [6.45, 7) is 5.98. The van der Waals surface area contributed by atoms with Gasteiger partial charge >= 0.3 is 0 Å². The van der Waals surface area contributed by atoms with Crippen LogP contribution in [0.4, 0.5) is 0 Å². The van der Waals surface area contributed by atoms with E-state index in [9.17, 15) is 0 Å². The summed E-state index contributed by atoms with van der Waals surface area (Å²) in [4.78, 5) is 2.51. The highest BCUT2D eigenvalue weighted by atomic mass is 35.5. The molecule has 4 aromatic heterocycles. The molecule has 0 bridgehead atoms. The van der Waals surface area contributed by atoms with Gasteiger partial charge in [0.15, 0.2) is 5.65 Å². The molecule has 0 spiro atoms. The SMILES string of the molecule is Cc1nnc2ccc3c(cc(-c4ccn(C)n4)n3Cc3cc(Cl)cc(CN4CCCC4)c3)n12. The largest absolute Gasteiger partial charge is 0.333 e. The van der Waals surface area contributed by atoms with Gasteiger partial charge in [0, 0.05) is 31.4 Å². The fraction of sp³-hybridized carbons (Fsp3) is 0.320. The van der Waals surface area contributed by atoms with E-state index in [2.05, 4.69) is 60.5 Å². The van der Waals surface area contributed by atoms with Gasteiger partial charge in [0.1, 0.15) is 11.5 Å². The number of benzene rings is 1. The number of hydrogen-bond donors (Lipinski definition) is 0. The zero-order chi connectivity index (χ0) is 22.5. The first-order chi connectivity index (χ1) is 16.0. The molecule has 0 atom stereocenters. The standard InChI is InChI=1S/C25H26ClN7/c1-17-27-28-25-6-5-22-24(33(17)25)14-23(21-7-10-30(2)29-21)32(22)16-19-11-18(12-20(26)13-19)15-31-8-3-4-9-31/h5-7,10-14H,3-4,8-9,15-16H2,1-2H3. The molecule has 0 aliphatic carbocycles. The van der Waals surface area contributed by atoms with Crippen molar-refractivity contribution >= 4 is 28.3 Å². The molecule has 168 valence electrons. The van der Waals surface area contributed by atoms with Crippen LogP contribution in [0.2, 0.25) is 5.02 Å². The van der Waals surface area contributed by atoms with E-state index in [0.29, 0.717) is 6.54 Å². The molecule has 1 aliphatic heterocycles. The number of fused-ring (bicyclic) bond motifs is 3. The number of rotatable bonds is 5. The number of hydrogen-bond acceptors (Lipinski definition) is 4. The minimum absolute atomic E-state index is 0.704. The highest BCUT2D eigenvalue weighted by Gasteiger charge is 2.18. The maximum absolute atomic E-state index is 6.57. The van der Waals surface area contributed by atoms with Crippen molar-refractivity contribution in [2.75, 3.05) is 13.1 Å². The average Bonchev–Trinajstić information content (AvgIpc) is 3.56. The van der Waals surface area contributed by atoms with E-state index in [1.807, 2.05) is 30.9 Å². The Morgan fingerprint density at radius 2 is 1.70 bits per heavy atom. The van der Waals surface area contributed by atoms with E-state index >= 15 is 0 Å².